The summed E-state index contributed by atoms with van der Waals surface area (Å²) in [7, 11) is 0. The zero-order valence-electron chi connectivity index (χ0n) is 9.76. The highest BCUT2D eigenvalue weighted by Crippen LogP contribution is 2.26. The maximum atomic E-state index is 9.28. The summed E-state index contributed by atoms with van der Waals surface area (Å²) in [6.45, 7) is 3.28. The molecule has 0 aromatic heterocycles. The first-order valence-corrected chi connectivity index (χ1v) is 5.95. The maximum Gasteiger partial charge on any atom is 0.0635 e. The fourth-order valence-electron chi connectivity index (χ4n) is 2.33. The van der Waals surface area contributed by atoms with Crippen molar-refractivity contribution in [2.24, 2.45) is 5.73 Å². The SMILES string of the molecule is C[C@H](N)c1ccc(N2CCCC2CO)cc1. The van der Waals surface area contributed by atoms with Gasteiger partial charge in [-0.05, 0) is 37.5 Å². The average Bonchev–Trinajstić information content (AvgIpc) is 2.77. The van der Waals surface area contributed by atoms with Crippen LogP contribution in [-0.2, 0) is 0 Å². The third-order valence-electron chi connectivity index (χ3n) is 3.34. The van der Waals surface area contributed by atoms with Gasteiger partial charge in [-0.25, -0.2) is 0 Å². The summed E-state index contributed by atoms with van der Waals surface area (Å²) < 4.78 is 0. The van der Waals surface area contributed by atoms with Crippen LogP contribution in [0.25, 0.3) is 0 Å². The van der Waals surface area contributed by atoms with Crippen LogP contribution in [-0.4, -0.2) is 24.3 Å². The van der Waals surface area contributed by atoms with E-state index in [0.29, 0.717) is 6.04 Å². The number of rotatable bonds is 3. The van der Waals surface area contributed by atoms with Crippen molar-refractivity contribution >= 4 is 5.69 Å². The Bertz CT molecular complexity index is 334. The van der Waals surface area contributed by atoms with Crippen LogP contribution in [0.4, 0.5) is 5.69 Å². The van der Waals surface area contributed by atoms with Gasteiger partial charge in [-0.3, -0.25) is 0 Å². The predicted molar refractivity (Wildman–Crippen MR) is 66.5 cm³/mol. The van der Waals surface area contributed by atoms with Gasteiger partial charge >= 0.3 is 0 Å². The molecule has 16 heavy (non-hydrogen) atoms. The molecule has 1 saturated heterocycles. The zero-order valence-corrected chi connectivity index (χ0v) is 9.76. The highest BCUT2D eigenvalue weighted by atomic mass is 16.3. The van der Waals surface area contributed by atoms with Crippen molar-refractivity contribution in [3.05, 3.63) is 29.8 Å². The second-order valence-electron chi connectivity index (χ2n) is 4.55. The van der Waals surface area contributed by atoms with E-state index in [-0.39, 0.29) is 12.6 Å². The van der Waals surface area contributed by atoms with Crippen LogP contribution in [0.1, 0.15) is 31.4 Å². The number of aliphatic hydroxyl groups is 1. The molecule has 3 heteroatoms. The van der Waals surface area contributed by atoms with Gasteiger partial charge in [-0.1, -0.05) is 12.1 Å². The molecule has 1 aromatic carbocycles. The molecule has 3 N–H and O–H groups in total. The van der Waals surface area contributed by atoms with E-state index in [1.165, 1.54) is 12.1 Å². The van der Waals surface area contributed by atoms with Crippen LogP contribution in [0.3, 0.4) is 0 Å². The first kappa shape index (κ1) is 11.4. The highest BCUT2D eigenvalue weighted by molar-refractivity contribution is 5.49. The third-order valence-corrected chi connectivity index (χ3v) is 3.34. The van der Waals surface area contributed by atoms with Crippen molar-refractivity contribution in [1.82, 2.24) is 0 Å². The summed E-state index contributed by atoms with van der Waals surface area (Å²) in [6, 6.07) is 8.74. The lowest BCUT2D eigenvalue weighted by Gasteiger charge is -2.25. The summed E-state index contributed by atoms with van der Waals surface area (Å²) in [5.74, 6) is 0. The van der Waals surface area contributed by atoms with E-state index in [4.69, 9.17) is 5.73 Å². The van der Waals surface area contributed by atoms with E-state index < -0.39 is 0 Å². The van der Waals surface area contributed by atoms with Crippen molar-refractivity contribution in [3.8, 4) is 0 Å². The van der Waals surface area contributed by atoms with Crippen molar-refractivity contribution < 1.29 is 5.11 Å². The standard InChI is InChI=1S/C13H20N2O/c1-10(14)11-4-6-12(7-5-11)15-8-2-3-13(15)9-16/h4-7,10,13,16H,2-3,8-9,14H2,1H3/t10-,13?/m0/s1. The molecule has 1 fully saturated rings. The van der Waals surface area contributed by atoms with Gasteiger partial charge in [-0.2, -0.15) is 0 Å². The van der Waals surface area contributed by atoms with E-state index in [9.17, 15) is 5.11 Å². The Hall–Kier alpha value is -1.06. The number of hydrogen-bond acceptors (Lipinski definition) is 3. The lowest BCUT2D eigenvalue weighted by molar-refractivity contribution is 0.266. The summed E-state index contributed by atoms with van der Waals surface area (Å²) in [6.07, 6.45) is 2.26. The largest absolute Gasteiger partial charge is 0.394 e. The maximum absolute atomic E-state index is 9.28. The molecule has 88 valence electrons. The summed E-state index contributed by atoms with van der Waals surface area (Å²) in [5.41, 5.74) is 8.17. The Kier molecular flexibility index (Phi) is 3.46. The third kappa shape index (κ3) is 2.20. The number of anilines is 1. The van der Waals surface area contributed by atoms with Crippen LogP contribution < -0.4 is 10.6 Å². The Morgan fingerprint density at radius 2 is 2.12 bits per heavy atom. The molecule has 0 bridgehead atoms. The molecule has 0 aliphatic carbocycles. The van der Waals surface area contributed by atoms with E-state index in [2.05, 4.69) is 29.2 Å². The second kappa shape index (κ2) is 4.85. The molecule has 0 amide bonds. The molecule has 1 aliphatic heterocycles. The van der Waals surface area contributed by atoms with Gasteiger partial charge in [0, 0.05) is 18.3 Å². The molecule has 1 unspecified atom stereocenters. The van der Waals surface area contributed by atoms with Crippen LogP contribution in [0.2, 0.25) is 0 Å². The number of aliphatic hydroxyl groups excluding tert-OH is 1. The lowest BCUT2D eigenvalue weighted by atomic mass is 10.1. The molecule has 0 spiro atoms. The molecular formula is C13H20N2O. The fourth-order valence-corrected chi connectivity index (χ4v) is 2.33. The molecule has 1 aromatic rings. The van der Waals surface area contributed by atoms with Crippen LogP contribution in [0.15, 0.2) is 24.3 Å². The lowest BCUT2D eigenvalue weighted by Crippen LogP contribution is -2.31. The van der Waals surface area contributed by atoms with Gasteiger partial charge in [0.15, 0.2) is 0 Å². The van der Waals surface area contributed by atoms with Crippen molar-refractivity contribution in [1.29, 1.82) is 0 Å². The van der Waals surface area contributed by atoms with Crippen LogP contribution in [0.5, 0.6) is 0 Å². The minimum Gasteiger partial charge on any atom is -0.394 e. The molecule has 3 nitrogen and oxygen atoms in total. The average molecular weight is 220 g/mol. The topological polar surface area (TPSA) is 49.5 Å². The van der Waals surface area contributed by atoms with Crippen LogP contribution >= 0.6 is 0 Å². The van der Waals surface area contributed by atoms with Crippen LogP contribution in [0, 0.1) is 0 Å². The minimum absolute atomic E-state index is 0.0845. The zero-order chi connectivity index (χ0) is 11.5. The Morgan fingerprint density at radius 1 is 1.44 bits per heavy atom. The predicted octanol–water partition coefficient (Wildman–Crippen LogP) is 1.67. The van der Waals surface area contributed by atoms with Gasteiger partial charge in [0.1, 0.15) is 0 Å². The summed E-state index contributed by atoms with van der Waals surface area (Å²) in [4.78, 5) is 2.28. The number of nitrogens with zero attached hydrogens (tertiary/aromatic N) is 1. The number of benzene rings is 1. The molecule has 1 aliphatic rings. The normalized spacial score (nSPS) is 22.4. The summed E-state index contributed by atoms with van der Waals surface area (Å²) >= 11 is 0. The summed E-state index contributed by atoms with van der Waals surface area (Å²) in [5, 5.41) is 9.28. The van der Waals surface area contributed by atoms with Gasteiger partial charge in [0.25, 0.3) is 0 Å². The molecule has 2 atom stereocenters. The fraction of sp³-hybridized carbons (Fsp3) is 0.538. The molecule has 2 rings (SSSR count). The van der Waals surface area contributed by atoms with Crippen molar-refractivity contribution in [2.75, 3.05) is 18.1 Å². The Balaban J connectivity index is 2.15. The molecular weight excluding hydrogens is 200 g/mol. The second-order valence-corrected chi connectivity index (χ2v) is 4.55. The Morgan fingerprint density at radius 3 is 2.69 bits per heavy atom. The van der Waals surface area contributed by atoms with E-state index in [0.717, 1.165) is 18.5 Å². The van der Waals surface area contributed by atoms with E-state index >= 15 is 0 Å². The smallest absolute Gasteiger partial charge is 0.0635 e. The van der Waals surface area contributed by atoms with Gasteiger partial charge in [0.2, 0.25) is 0 Å². The van der Waals surface area contributed by atoms with Gasteiger partial charge < -0.3 is 15.7 Å². The Labute approximate surface area is 96.9 Å². The van der Waals surface area contributed by atoms with E-state index in [1.54, 1.807) is 0 Å². The quantitative estimate of drug-likeness (QED) is 0.814. The minimum atomic E-state index is 0.0845. The monoisotopic (exact) mass is 220 g/mol. The molecule has 0 radical (unpaired) electrons. The van der Waals surface area contributed by atoms with E-state index in [1.807, 2.05) is 6.92 Å². The number of nitrogens with two attached hydrogens (primary N) is 1. The molecule has 0 saturated carbocycles. The van der Waals surface area contributed by atoms with Gasteiger partial charge in [-0.15, -0.1) is 0 Å². The van der Waals surface area contributed by atoms with Crippen molar-refractivity contribution in [3.63, 3.8) is 0 Å². The van der Waals surface area contributed by atoms with Gasteiger partial charge in [0.05, 0.1) is 12.6 Å². The number of hydrogen-bond donors (Lipinski definition) is 2. The van der Waals surface area contributed by atoms with Crippen molar-refractivity contribution in [2.45, 2.75) is 31.8 Å². The molecule has 1 heterocycles. The first-order valence-electron chi connectivity index (χ1n) is 5.95. The highest BCUT2D eigenvalue weighted by Gasteiger charge is 2.23. The first-order chi connectivity index (χ1) is 7.72.